The third-order valence-corrected chi connectivity index (χ3v) is 6.41. The molecule has 2 atom stereocenters. The Morgan fingerprint density at radius 2 is 1.73 bits per heavy atom. The molecule has 0 N–H and O–H groups in total. The molecule has 1 aromatic rings. The van der Waals surface area contributed by atoms with Gasteiger partial charge in [0.2, 0.25) is 15.9 Å². The molecule has 0 aromatic heterocycles. The number of carbonyl (C=O) groups excluding carboxylic acids is 1. The maximum atomic E-state index is 12.5. The standard InChI is InChI=1S/C16H22N2O3S/c1-13-11-15(13)16(19)17-7-9-18(10-8-17)22(20,21)12-14-5-3-2-4-6-14/h2-6,13,15H,7-12H2,1H3. The Kier molecular flexibility index (Phi) is 4.23. The molecule has 120 valence electrons. The van der Waals surface area contributed by atoms with E-state index in [9.17, 15) is 13.2 Å². The van der Waals surface area contributed by atoms with Gasteiger partial charge in [0.15, 0.2) is 0 Å². The Balaban J connectivity index is 1.57. The molecule has 0 radical (unpaired) electrons. The van der Waals surface area contributed by atoms with Gasteiger partial charge in [0, 0.05) is 32.1 Å². The van der Waals surface area contributed by atoms with Crippen molar-refractivity contribution in [1.29, 1.82) is 0 Å². The van der Waals surface area contributed by atoms with E-state index in [4.69, 9.17) is 0 Å². The monoisotopic (exact) mass is 322 g/mol. The zero-order valence-corrected chi connectivity index (χ0v) is 13.6. The summed E-state index contributed by atoms with van der Waals surface area (Å²) in [7, 11) is -3.31. The highest BCUT2D eigenvalue weighted by molar-refractivity contribution is 7.88. The first-order valence-electron chi connectivity index (χ1n) is 7.78. The van der Waals surface area contributed by atoms with Crippen LogP contribution in [0.15, 0.2) is 30.3 Å². The van der Waals surface area contributed by atoms with Gasteiger partial charge in [-0.2, -0.15) is 4.31 Å². The number of hydrogen-bond acceptors (Lipinski definition) is 3. The summed E-state index contributed by atoms with van der Waals surface area (Å²) < 4.78 is 26.4. The zero-order valence-electron chi connectivity index (χ0n) is 12.8. The third kappa shape index (κ3) is 3.33. The molecule has 1 saturated heterocycles. The summed E-state index contributed by atoms with van der Waals surface area (Å²) in [4.78, 5) is 14.0. The van der Waals surface area contributed by atoms with Crippen molar-refractivity contribution in [2.24, 2.45) is 11.8 Å². The van der Waals surface area contributed by atoms with Crippen LogP contribution in [0.1, 0.15) is 18.9 Å². The molecule has 1 aliphatic carbocycles. The van der Waals surface area contributed by atoms with Gasteiger partial charge in [-0.05, 0) is 17.9 Å². The van der Waals surface area contributed by atoms with Crippen LogP contribution in [0.25, 0.3) is 0 Å². The van der Waals surface area contributed by atoms with Crippen LogP contribution in [0.4, 0.5) is 0 Å². The molecule has 3 rings (SSSR count). The molecule has 1 aromatic carbocycles. The predicted molar refractivity (Wildman–Crippen MR) is 84.5 cm³/mol. The minimum absolute atomic E-state index is 0.0292. The molecular formula is C16H22N2O3S. The molecule has 2 fully saturated rings. The second-order valence-corrected chi connectivity index (χ2v) is 8.25. The van der Waals surface area contributed by atoms with E-state index >= 15 is 0 Å². The highest BCUT2D eigenvalue weighted by atomic mass is 32.2. The van der Waals surface area contributed by atoms with Crippen LogP contribution in [0.5, 0.6) is 0 Å². The van der Waals surface area contributed by atoms with Crippen LogP contribution in [0.3, 0.4) is 0 Å². The van der Waals surface area contributed by atoms with Crippen molar-refractivity contribution >= 4 is 15.9 Å². The van der Waals surface area contributed by atoms with E-state index in [0.29, 0.717) is 32.1 Å². The molecule has 1 saturated carbocycles. The topological polar surface area (TPSA) is 57.7 Å². The first-order valence-corrected chi connectivity index (χ1v) is 9.39. The van der Waals surface area contributed by atoms with Crippen molar-refractivity contribution in [2.75, 3.05) is 26.2 Å². The van der Waals surface area contributed by atoms with Gasteiger partial charge >= 0.3 is 0 Å². The van der Waals surface area contributed by atoms with E-state index in [1.54, 1.807) is 0 Å². The molecule has 2 unspecified atom stereocenters. The SMILES string of the molecule is CC1CC1C(=O)N1CCN(S(=O)(=O)Cc2ccccc2)CC1. The molecule has 1 heterocycles. The van der Waals surface area contributed by atoms with E-state index in [0.717, 1.165) is 12.0 Å². The number of nitrogens with zero attached hydrogens (tertiary/aromatic N) is 2. The molecule has 2 aliphatic rings. The molecule has 0 bridgehead atoms. The fourth-order valence-corrected chi connectivity index (χ4v) is 4.48. The highest BCUT2D eigenvalue weighted by Gasteiger charge is 2.42. The fourth-order valence-electron chi connectivity index (χ4n) is 2.96. The van der Waals surface area contributed by atoms with Crippen molar-refractivity contribution in [3.8, 4) is 0 Å². The lowest BCUT2D eigenvalue weighted by molar-refractivity contribution is -0.134. The molecule has 6 heteroatoms. The lowest BCUT2D eigenvalue weighted by Gasteiger charge is -2.34. The Bertz CT molecular complexity index is 637. The number of carbonyl (C=O) groups is 1. The summed E-state index contributed by atoms with van der Waals surface area (Å²) in [6, 6.07) is 9.22. The lowest BCUT2D eigenvalue weighted by Crippen LogP contribution is -2.51. The highest BCUT2D eigenvalue weighted by Crippen LogP contribution is 2.39. The van der Waals surface area contributed by atoms with Crippen molar-refractivity contribution in [3.05, 3.63) is 35.9 Å². The van der Waals surface area contributed by atoms with Crippen LogP contribution in [-0.2, 0) is 20.6 Å². The summed E-state index contributed by atoms with van der Waals surface area (Å²) >= 11 is 0. The minimum atomic E-state index is -3.31. The summed E-state index contributed by atoms with van der Waals surface area (Å²) in [5, 5.41) is 0. The number of amides is 1. The van der Waals surface area contributed by atoms with E-state index in [1.807, 2.05) is 35.2 Å². The number of sulfonamides is 1. The molecule has 1 amide bonds. The van der Waals surface area contributed by atoms with Crippen LogP contribution in [0.2, 0.25) is 0 Å². The predicted octanol–water partition coefficient (Wildman–Crippen LogP) is 1.32. The quantitative estimate of drug-likeness (QED) is 0.840. The van der Waals surface area contributed by atoms with Crippen molar-refractivity contribution in [2.45, 2.75) is 19.1 Å². The van der Waals surface area contributed by atoms with E-state index < -0.39 is 10.0 Å². The summed E-state index contributed by atoms with van der Waals surface area (Å²) in [6.45, 7) is 3.92. The van der Waals surface area contributed by atoms with Gasteiger partial charge in [0.05, 0.1) is 5.75 Å². The normalized spacial score (nSPS) is 26.0. The number of benzene rings is 1. The Morgan fingerprint density at radius 3 is 2.27 bits per heavy atom. The maximum absolute atomic E-state index is 12.5. The molecule has 1 aliphatic heterocycles. The average molecular weight is 322 g/mol. The van der Waals surface area contributed by atoms with E-state index in [2.05, 4.69) is 6.92 Å². The number of rotatable bonds is 4. The number of hydrogen-bond donors (Lipinski definition) is 0. The van der Waals surface area contributed by atoms with Crippen LogP contribution in [0, 0.1) is 11.8 Å². The first kappa shape index (κ1) is 15.5. The average Bonchev–Trinajstić information content (AvgIpc) is 3.24. The van der Waals surface area contributed by atoms with Crippen molar-refractivity contribution in [1.82, 2.24) is 9.21 Å². The Labute approximate surface area is 132 Å². The van der Waals surface area contributed by atoms with Crippen molar-refractivity contribution < 1.29 is 13.2 Å². The molecule has 22 heavy (non-hydrogen) atoms. The van der Waals surface area contributed by atoms with Crippen LogP contribution in [-0.4, -0.2) is 49.7 Å². The summed E-state index contributed by atoms with van der Waals surface area (Å²) in [6.07, 6.45) is 0.978. The van der Waals surface area contributed by atoms with Crippen LogP contribution >= 0.6 is 0 Å². The van der Waals surface area contributed by atoms with Gasteiger partial charge in [-0.3, -0.25) is 4.79 Å². The largest absolute Gasteiger partial charge is 0.340 e. The van der Waals surface area contributed by atoms with Gasteiger partial charge in [0.25, 0.3) is 0 Å². The van der Waals surface area contributed by atoms with Gasteiger partial charge in [0.1, 0.15) is 0 Å². The van der Waals surface area contributed by atoms with E-state index in [1.165, 1.54) is 4.31 Å². The first-order chi connectivity index (χ1) is 10.5. The minimum Gasteiger partial charge on any atom is -0.340 e. The summed E-state index contributed by atoms with van der Waals surface area (Å²) in [5.74, 6) is 0.897. The molecule has 5 nitrogen and oxygen atoms in total. The molecule has 0 spiro atoms. The molecular weight excluding hydrogens is 300 g/mol. The second kappa shape index (κ2) is 6.01. The van der Waals surface area contributed by atoms with E-state index in [-0.39, 0.29) is 17.6 Å². The third-order valence-electron chi connectivity index (χ3n) is 4.56. The van der Waals surface area contributed by atoms with Gasteiger partial charge in [-0.25, -0.2) is 8.42 Å². The van der Waals surface area contributed by atoms with Crippen molar-refractivity contribution in [3.63, 3.8) is 0 Å². The number of piperazine rings is 1. The second-order valence-electron chi connectivity index (χ2n) is 6.29. The Hall–Kier alpha value is -1.40. The fraction of sp³-hybridized carbons (Fsp3) is 0.562. The van der Waals surface area contributed by atoms with Gasteiger partial charge in [-0.1, -0.05) is 37.3 Å². The Morgan fingerprint density at radius 1 is 1.14 bits per heavy atom. The maximum Gasteiger partial charge on any atom is 0.226 e. The van der Waals surface area contributed by atoms with Gasteiger partial charge < -0.3 is 4.90 Å². The lowest BCUT2D eigenvalue weighted by atomic mass is 10.2. The zero-order chi connectivity index (χ0) is 15.7. The summed E-state index contributed by atoms with van der Waals surface area (Å²) in [5.41, 5.74) is 0.799. The van der Waals surface area contributed by atoms with Crippen LogP contribution < -0.4 is 0 Å². The smallest absolute Gasteiger partial charge is 0.226 e. The van der Waals surface area contributed by atoms with Gasteiger partial charge in [-0.15, -0.1) is 0 Å².